The van der Waals surface area contributed by atoms with Crippen LogP contribution in [0.4, 0.5) is 13.2 Å². The molecular formula is C11H9ClF3NO. The van der Waals surface area contributed by atoms with Gasteiger partial charge in [-0.3, -0.25) is 0 Å². The highest BCUT2D eigenvalue weighted by atomic mass is 35.5. The van der Waals surface area contributed by atoms with Gasteiger partial charge in [-0.05, 0) is 18.6 Å². The SMILES string of the molecule is Cc1cc(OCC(F)(F)F)cc2[nH]cc(Cl)c12. The zero-order valence-corrected chi connectivity index (χ0v) is 9.62. The van der Waals surface area contributed by atoms with E-state index < -0.39 is 12.8 Å². The van der Waals surface area contributed by atoms with Gasteiger partial charge in [-0.15, -0.1) is 0 Å². The molecule has 2 rings (SSSR count). The van der Waals surface area contributed by atoms with Crippen LogP contribution in [0.2, 0.25) is 5.02 Å². The summed E-state index contributed by atoms with van der Waals surface area (Å²) < 4.78 is 40.7. The highest BCUT2D eigenvalue weighted by Crippen LogP contribution is 2.30. The van der Waals surface area contributed by atoms with E-state index in [4.69, 9.17) is 11.6 Å². The number of nitrogens with one attached hydrogen (secondary N) is 1. The van der Waals surface area contributed by atoms with Crippen molar-refractivity contribution in [2.45, 2.75) is 13.1 Å². The molecule has 1 heterocycles. The summed E-state index contributed by atoms with van der Waals surface area (Å²) in [7, 11) is 0. The molecule has 0 radical (unpaired) electrons. The molecule has 1 N–H and O–H groups in total. The van der Waals surface area contributed by atoms with Gasteiger partial charge in [-0.1, -0.05) is 11.6 Å². The number of H-pyrrole nitrogens is 1. The van der Waals surface area contributed by atoms with E-state index in [0.29, 0.717) is 10.5 Å². The highest BCUT2D eigenvalue weighted by molar-refractivity contribution is 6.35. The molecule has 0 atom stereocenters. The van der Waals surface area contributed by atoms with Gasteiger partial charge < -0.3 is 9.72 Å². The van der Waals surface area contributed by atoms with Crippen LogP contribution in [0.15, 0.2) is 18.3 Å². The number of aromatic amines is 1. The minimum absolute atomic E-state index is 0.172. The number of rotatable bonds is 2. The fraction of sp³-hybridized carbons (Fsp3) is 0.273. The Hall–Kier alpha value is -1.36. The molecule has 0 saturated carbocycles. The molecule has 6 heteroatoms. The van der Waals surface area contributed by atoms with Crippen LogP contribution in [0.1, 0.15) is 5.56 Å². The monoisotopic (exact) mass is 263 g/mol. The van der Waals surface area contributed by atoms with E-state index in [1.54, 1.807) is 13.1 Å². The smallest absolute Gasteiger partial charge is 0.422 e. The van der Waals surface area contributed by atoms with Crippen molar-refractivity contribution in [3.8, 4) is 5.75 Å². The molecule has 0 bridgehead atoms. The number of fused-ring (bicyclic) bond motifs is 1. The summed E-state index contributed by atoms with van der Waals surface area (Å²) in [6, 6.07) is 3.04. The average Bonchev–Trinajstić information content (AvgIpc) is 2.57. The molecule has 0 aliphatic heterocycles. The molecule has 0 fully saturated rings. The Bertz CT molecular complexity index is 547. The lowest BCUT2D eigenvalue weighted by Crippen LogP contribution is -2.19. The van der Waals surface area contributed by atoms with E-state index >= 15 is 0 Å². The molecule has 0 saturated heterocycles. The first-order valence-corrected chi connectivity index (χ1v) is 5.21. The number of halogens is 4. The van der Waals surface area contributed by atoms with E-state index in [1.165, 1.54) is 12.1 Å². The molecule has 0 unspecified atom stereocenters. The molecule has 0 aliphatic carbocycles. The molecule has 2 aromatic rings. The third-order valence-electron chi connectivity index (χ3n) is 2.30. The van der Waals surface area contributed by atoms with Crippen LogP contribution >= 0.6 is 11.6 Å². The summed E-state index contributed by atoms with van der Waals surface area (Å²) in [6.45, 7) is 0.467. The zero-order chi connectivity index (χ0) is 12.6. The number of aromatic nitrogens is 1. The normalized spacial score (nSPS) is 12.1. The quantitative estimate of drug-likeness (QED) is 0.868. The van der Waals surface area contributed by atoms with Gasteiger partial charge in [0.05, 0.1) is 10.5 Å². The third-order valence-corrected chi connectivity index (χ3v) is 2.60. The average molecular weight is 264 g/mol. The second-order valence-corrected chi connectivity index (χ2v) is 4.11. The van der Waals surface area contributed by atoms with Crippen LogP contribution < -0.4 is 4.74 Å². The van der Waals surface area contributed by atoms with Crippen LogP contribution in [0.3, 0.4) is 0 Å². The van der Waals surface area contributed by atoms with Gasteiger partial charge in [0.2, 0.25) is 0 Å². The van der Waals surface area contributed by atoms with Crippen molar-refractivity contribution in [2.75, 3.05) is 6.61 Å². The summed E-state index contributed by atoms with van der Waals surface area (Å²) >= 11 is 5.93. The molecule has 1 aromatic heterocycles. The van der Waals surface area contributed by atoms with Gasteiger partial charge in [0.25, 0.3) is 0 Å². The summed E-state index contributed by atoms with van der Waals surface area (Å²) in [5.74, 6) is 0.172. The molecule has 1 aromatic carbocycles. The standard InChI is InChI=1S/C11H9ClF3NO/c1-6-2-7(17-5-11(13,14)15)3-9-10(6)8(12)4-16-9/h2-4,16H,5H2,1H3. The fourth-order valence-corrected chi connectivity index (χ4v) is 1.95. The number of hydrogen-bond acceptors (Lipinski definition) is 1. The lowest BCUT2D eigenvalue weighted by molar-refractivity contribution is -0.153. The Morgan fingerprint density at radius 3 is 2.71 bits per heavy atom. The van der Waals surface area contributed by atoms with E-state index in [0.717, 1.165) is 10.9 Å². The Labute approximate surface area is 100 Å². The van der Waals surface area contributed by atoms with Crippen LogP contribution in [0.25, 0.3) is 10.9 Å². The summed E-state index contributed by atoms with van der Waals surface area (Å²) in [4.78, 5) is 2.87. The fourth-order valence-electron chi connectivity index (χ4n) is 1.65. The molecular weight excluding hydrogens is 255 g/mol. The number of alkyl halides is 3. The van der Waals surface area contributed by atoms with E-state index in [1.807, 2.05) is 0 Å². The molecule has 0 spiro atoms. The van der Waals surface area contributed by atoms with Crippen molar-refractivity contribution in [3.63, 3.8) is 0 Å². The van der Waals surface area contributed by atoms with Gasteiger partial charge in [0.1, 0.15) is 5.75 Å². The Balaban J connectivity index is 2.31. The molecule has 0 aliphatic rings. The summed E-state index contributed by atoms with van der Waals surface area (Å²) in [5.41, 5.74) is 1.43. The maximum absolute atomic E-state index is 12.0. The zero-order valence-electron chi connectivity index (χ0n) is 8.86. The van der Waals surface area contributed by atoms with Gasteiger partial charge in [-0.2, -0.15) is 13.2 Å². The topological polar surface area (TPSA) is 25.0 Å². The van der Waals surface area contributed by atoms with Crippen molar-refractivity contribution < 1.29 is 17.9 Å². The second-order valence-electron chi connectivity index (χ2n) is 3.70. The Morgan fingerprint density at radius 1 is 1.35 bits per heavy atom. The maximum atomic E-state index is 12.0. The number of benzene rings is 1. The predicted octanol–water partition coefficient (Wildman–Crippen LogP) is 4.07. The van der Waals surface area contributed by atoms with Crippen molar-refractivity contribution in [1.82, 2.24) is 4.98 Å². The van der Waals surface area contributed by atoms with Gasteiger partial charge in [-0.25, -0.2) is 0 Å². The minimum Gasteiger partial charge on any atom is -0.484 e. The maximum Gasteiger partial charge on any atom is 0.422 e. The van der Waals surface area contributed by atoms with Gasteiger partial charge >= 0.3 is 6.18 Å². The molecule has 92 valence electrons. The molecule has 0 amide bonds. The highest BCUT2D eigenvalue weighted by Gasteiger charge is 2.28. The Kier molecular flexibility index (Phi) is 2.95. The van der Waals surface area contributed by atoms with Gasteiger partial charge in [0.15, 0.2) is 6.61 Å². The third kappa shape index (κ3) is 2.66. The lowest BCUT2D eigenvalue weighted by Gasteiger charge is -2.10. The van der Waals surface area contributed by atoms with Crippen molar-refractivity contribution in [2.24, 2.45) is 0 Å². The first kappa shape index (κ1) is 12.1. The molecule has 17 heavy (non-hydrogen) atoms. The van der Waals surface area contributed by atoms with Crippen LogP contribution in [-0.2, 0) is 0 Å². The van der Waals surface area contributed by atoms with Crippen LogP contribution in [0.5, 0.6) is 5.75 Å². The largest absolute Gasteiger partial charge is 0.484 e. The van der Waals surface area contributed by atoms with E-state index in [2.05, 4.69) is 9.72 Å². The molecule has 2 nitrogen and oxygen atoms in total. The van der Waals surface area contributed by atoms with E-state index in [-0.39, 0.29) is 5.75 Å². The lowest BCUT2D eigenvalue weighted by atomic mass is 10.1. The van der Waals surface area contributed by atoms with E-state index in [9.17, 15) is 13.2 Å². The van der Waals surface area contributed by atoms with Crippen molar-refractivity contribution >= 4 is 22.5 Å². The Morgan fingerprint density at radius 2 is 2.06 bits per heavy atom. The number of ether oxygens (including phenoxy) is 1. The van der Waals surface area contributed by atoms with Crippen molar-refractivity contribution in [1.29, 1.82) is 0 Å². The van der Waals surface area contributed by atoms with Crippen LogP contribution in [0, 0.1) is 6.92 Å². The first-order valence-electron chi connectivity index (χ1n) is 4.83. The van der Waals surface area contributed by atoms with Gasteiger partial charge in [0, 0.05) is 17.6 Å². The van der Waals surface area contributed by atoms with Crippen LogP contribution in [-0.4, -0.2) is 17.8 Å². The predicted molar refractivity (Wildman–Crippen MR) is 59.6 cm³/mol. The summed E-state index contributed by atoms with van der Waals surface area (Å²) in [5, 5.41) is 1.34. The first-order chi connectivity index (χ1) is 7.87. The number of hydrogen-bond donors (Lipinski definition) is 1. The second kappa shape index (κ2) is 4.14. The minimum atomic E-state index is -4.34. The number of aryl methyl sites for hydroxylation is 1. The summed E-state index contributed by atoms with van der Waals surface area (Å²) in [6.07, 6.45) is -2.75. The van der Waals surface area contributed by atoms with Crippen molar-refractivity contribution in [3.05, 3.63) is 28.9 Å².